The molecule has 3 aromatic rings. The van der Waals surface area contributed by atoms with Gasteiger partial charge in [0.05, 0.1) is 12.6 Å². The first kappa shape index (κ1) is 23.0. The monoisotopic (exact) mass is 444 g/mol. The minimum Gasteiger partial charge on any atom is -0.324 e. The number of hydrogen-bond acceptors (Lipinski definition) is 4. The Hall–Kier alpha value is -3.22. The number of nitrogens with one attached hydrogen (secondary N) is 2. The number of carbonyl (C=O) groups excluding carboxylic acids is 2. The summed E-state index contributed by atoms with van der Waals surface area (Å²) >= 11 is 0. The van der Waals surface area contributed by atoms with Crippen LogP contribution in [0.2, 0.25) is 0 Å². The van der Waals surface area contributed by atoms with Crippen LogP contribution in [0.4, 0.5) is 11.4 Å². The van der Waals surface area contributed by atoms with Gasteiger partial charge < -0.3 is 10.6 Å². The molecule has 0 aliphatic carbocycles. The van der Waals surface area contributed by atoms with Crippen molar-refractivity contribution >= 4 is 34.0 Å². The highest BCUT2D eigenvalue weighted by molar-refractivity contribution is 6.03. The number of hydrogen-bond donors (Lipinski definition) is 2. The predicted octanol–water partition coefficient (Wildman–Crippen LogP) is 4.04. The minimum absolute atomic E-state index is 0.00240. The van der Waals surface area contributed by atoms with E-state index in [-0.39, 0.29) is 17.9 Å². The quantitative estimate of drug-likeness (QED) is 0.602. The zero-order chi connectivity index (χ0) is 23.4. The zero-order valence-corrected chi connectivity index (χ0v) is 19.6. The molecule has 0 unspecified atom stereocenters. The number of rotatable bonds is 6. The van der Waals surface area contributed by atoms with Crippen molar-refractivity contribution in [2.45, 2.75) is 26.8 Å². The fourth-order valence-electron chi connectivity index (χ4n) is 4.44. The van der Waals surface area contributed by atoms with Gasteiger partial charge in [0.1, 0.15) is 0 Å². The van der Waals surface area contributed by atoms with Crippen LogP contribution < -0.4 is 10.6 Å². The summed E-state index contributed by atoms with van der Waals surface area (Å²) in [6.45, 7) is 9.33. The van der Waals surface area contributed by atoms with Crippen LogP contribution in [-0.2, 0) is 9.59 Å². The van der Waals surface area contributed by atoms with Gasteiger partial charge in [-0.2, -0.15) is 0 Å². The number of piperazine rings is 1. The number of anilines is 2. The second kappa shape index (κ2) is 10.1. The molecule has 1 saturated heterocycles. The van der Waals surface area contributed by atoms with Gasteiger partial charge in [0.2, 0.25) is 11.8 Å². The van der Waals surface area contributed by atoms with Gasteiger partial charge in [-0.3, -0.25) is 19.4 Å². The first-order valence-electron chi connectivity index (χ1n) is 11.5. The van der Waals surface area contributed by atoms with Crippen LogP contribution in [-0.4, -0.2) is 60.4 Å². The Bertz CT molecular complexity index is 1130. The molecule has 1 atom stereocenters. The van der Waals surface area contributed by atoms with Gasteiger partial charge in [0, 0.05) is 42.9 Å². The molecule has 2 N–H and O–H groups in total. The van der Waals surface area contributed by atoms with Gasteiger partial charge in [-0.05, 0) is 43.4 Å². The lowest BCUT2D eigenvalue weighted by molar-refractivity contribution is -0.122. The smallest absolute Gasteiger partial charge is 0.241 e. The zero-order valence-electron chi connectivity index (χ0n) is 19.6. The number of amides is 2. The Morgan fingerprint density at radius 1 is 0.848 bits per heavy atom. The van der Waals surface area contributed by atoms with E-state index in [9.17, 15) is 9.59 Å². The van der Waals surface area contributed by atoms with Crippen LogP contribution in [0.15, 0.2) is 60.7 Å². The summed E-state index contributed by atoms with van der Waals surface area (Å²) in [4.78, 5) is 29.9. The number of aryl methyl sites for hydroxylation is 2. The van der Waals surface area contributed by atoms with E-state index >= 15 is 0 Å². The Morgan fingerprint density at radius 2 is 1.48 bits per heavy atom. The Labute approximate surface area is 195 Å². The molecule has 0 saturated carbocycles. The van der Waals surface area contributed by atoms with E-state index < -0.39 is 0 Å². The molecule has 0 bridgehead atoms. The van der Waals surface area contributed by atoms with Crippen molar-refractivity contribution in [2.75, 3.05) is 43.4 Å². The predicted molar refractivity (Wildman–Crippen MR) is 135 cm³/mol. The first-order chi connectivity index (χ1) is 15.9. The minimum atomic E-state index is -0.241. The van der Waals surface area contributed by atoms with Crippen LogP contribution in [0, 0.1) is 13.8 Å². The van der Waals surface area contributed by atoms with E-state index in [1.807, 2.05) is 81.4 Å². The van der Waals surface area contributed by atoms with Crippen LogP contribution in [0.3, 0.4) is 0 Å². The number of fused-ring (bicyclic) bond motifs is 1. The molecule has 1 aliphatic rings. The van der Waals surface area contributed by atoms with Crippen molar-refractivity contribution in [1.29, 1.82) is 0 Å². The molecular formula is C27H32N4O2. The SMILES string of the molecule is Cc1cccc(C)c1NC(=O)CN1CCN([C@@H](C)C(=O)Nc2cccc3ccccc23)CC1. The van der Waals surface area contributed by atoms with E-state index in [2.05, 4.69) is 20.4 Å². The second-order valence-corrected chi connectivity index (χ2v) is 8.82. The van der Waals surface area contributed by atoms with Gasteiger partial charge in [-0.25, -0.2) is 0 Å². The van der Waals surface area contributed by atoms with Crippen LogP contribution in [0.5, 0.6) is 0 Å². The molecule has 4 rings (SSSR count). The summed E-state index contributed by atoms with van der Waals surface area (Å²) in [7, 11) is 0. The standard InChI is InChI=1S/C27H32N4O2/c1-19-8-6-9-20(2)26(19)29-25(32)18-30-14-16-31(17-15-30)21(3)27(33)28-24-13-7-11-22-10-4-5-12-23(22)24/h4-13,21H,14-18H2,1-3H3,(H,28,33)(H,29,32)/t21-/m0/s1. The van der Waals surface area contributed by atoms with Gasteiger partial charge in [0.25, 0.3) is 0 Å². The average molecular weight is 445 g/mol. The molecule has 1 aliphatic heterocycles. The molecule has 0 radical (unpaired) electrons. The number of benzene rings is 3. The first-order valence-corrected chi connectivity index (χ1v) is 11.5. The maximum atomic E-state index is 13.0. The van der Waals surface area contributed by atoms with Crippen molar-refractivity contribution in [3.63, 3.8) is 0 Å². The Morgan fingerprint density at radius 3 is 2.21 bits per heavy atom. The van der Waals surface area contributed by atoms with Gasteiger partial charge >= 0.3 is 0 Å². The molecule has 3 aromatic carbocycles. The molecule has 33 heavy (non-hydrogen) atoms. The third kappa shape index (κ3) is 5.41. The highest BCUT2D eigenvalue weighted by Gasteiger charge is 2.26. The summed E-state index contributed by atoms with van der Waals surface area (Å²) < 4.78 is 0. The largest absolute Gasteiger partial charge is 0.324 e. The summed E-state index contributed by atoms with van der Waals surface area (Å²) in [5.74, 6) is -0.00447. The lowest BCUT2D eigenvalue weighted by atomic mass is 10.1. The fraction of sp³-hybridized carbons (Fsp3) is 0.333. The molecule has 6 heteroatoms. The maximum Gasteiger partial charge on any atom is 0.241 e. The third-order valence-electron chi connectivity index (χ3n) is 6.49. The summed E-state index contributed by atoms with van der Waals surface area (Å²) in [5, 5.41) is 8.32. The van der Waals surface area contributed by atoms with Gasteiger partial charge in [-0.15, -0.1) is 0 Å². The number of para-hydroxylation sites is 1. The van der Waals surface area contributed by atoms with E-state index in [0.717, 1.165) is 59.5 Å². The summed E-state index contributed by atoms with van der Waals surface area (Å²) in [6.07, 6.45) is 0. The topological polar surface area (TPSA) is 64.7 Å². The molecule has 0 spiro atoms. The molecule has 172 valence electrons. The van der Waals surface area contributed by atoms with Gasteiger partial charge in [0.15, 0.2) is 0 Å². The number of nitrogens with zero attached hydrogens (tertiary/aromatic N) is 2. The molecule has 6 nitrogen and oxygen atoms in total. The van der Waals surface area contributed by atoms with E-state index in [1.54, 1.807) is 0 Å². The van der Waals surface area contributed by atoms with E-state index in [0.29, 0.717) is 6.54 Å². The van der Waals surface area contributed by atoms with E-state index in [4.69, 9.17) is 0 Å². The second-order valence-electron chi connectivity index (χ2n) is 8.82. The molecule has 1 fully saturated rings. The lowest BCUT2D eigenvalue weighted by Crippen LogP contribution is -2.53. The summed E-state index contributed by atoms with van der Waals surface area (Å²) in [6, 6.07) is 19.8. The molecular weight excluding hydrogens is 412 g/mol. The fourth-order valence-corrected chi connectivity index (χ4v) is 4.44. The Balaban J connectivity index is 1.29. The Kier molecular flexibility index (Phi) is 7.06. The van der Waals surface area contributed by atoms with E-state index in [1.165, 1.54) is 0 Å². The normalized spacial score (nSPS) is 15.8. The number of carbonyl (C=O) groups is 2. The highest BCUT2D eigenvalue weighted by Crippen LogP contribution is 2.23. The molecule has 0 aromatic heterocycles. The van der Waals surface area contributed by atoms with Crippen molar-refractivity contribution in [1.82, 2.24) is 9.80 Å². The van der Waals surface area contributed by atoms with Crippen LogP contribution >= 0.6 is 0 Å². The highest BCUT2D eigenvalue weighted by atomic mass is 16.2. The van der Waals surface area contributed by atoms with Gasteiger partial charge in [-0.1, -0.05) is 54.6 Å². The summed E-state index contributed by atoms with van der Waals surface area (Å²) in [5.41, 5.74) is 3.88. The van der Waals surface area contributed by atoms with Crippen LogP contribution in [0.1, 0.15) is 18.1 Å². The molecule has 1 heterocycles. The van der Waals surface area contributed by atoms with Crippen molar-refractivity contribution in [3.05, 3.63) is 71.8 Å². The third-order valence-corrected chi connectivity index (χ3v) is 6.49. The van der Waals surface area contributed by atoms with Crippen LogP contribution in [0.25, 0.3) is 10.8 Å². The average Bonchev–Trinajstić information content (AvgIpc) is 2.82. The van der Waals surface area contributed by atoms with Crippen molar-refractivity contribution in [2.24, 2.45) is 0 Å². The lowest BCUT2D eigenvalue weighted by Gasteiger charge is -2.37. The van der Waals surface area contributed by atoms with Crippen molar-refractivity contribution in [3.8, 4) is 0 Å². The van der Waals surface area contributed by atoms with Crippen molar-refractivity contribution < 1.29 is 9.59 Å². The maximum absolute atomic E-state index is 13.0. The molecule has 2 amide bonds.